The molecule has 2 nitrogen and oxygen atoms in total. The number of phenols is 1. The van der Waals surface area contributed by atoms with E-state index in [4.69, 9.17) is 11.6 Å². The molecule has 2 aliphatic rings. The van der Waals surface area contributed by atoms with E-state index in [2.05, 4.69) is 18.9 Å². The SMILES string of the molecule is C[C@@H]1CCC2CN(C)CCc3cc(Cl)c(O)c1c32. The van der Waals surface area contributed by atoms with Crippen molar-refractivity contribution in [1.29, 1.82) is 0 Å². The van der Waals surface area contributed by atoms with Crippen molar-refractivity contribution < 1.29 is 5.11 Å². The molecule has 0 bridgehead atoms. The average Bonchev–Trinajstić information content (AvgIpc) is 2.48. The van der Waals surface area contributed by atoms with Crippen molar-refractivity contribution in [2.75, 3.05) is 20.1 Å². The number of phenolic OH excluding ortho intramolecular Hbond substituents is 1. The lowest BCUT2D eigenvalue weighted by molar-refractivity contribution is 0.308. The third kappa shape index (κ3) is 1.83. The maximum atomic E-state index is 10.3. The fourth-order valence-electron chi connectivity index (χ4n) is 3.62. The van der Waals surface area contributed by atoms with Crippen LogP contribution in [0.2, 0.25) is 5.02 Å². The molecule has 0 radical (unpaired) electrons. The second-order valence-electron chi connectivity index (χ2n) is 5.88. The molecule has 0 aromatic heterocycles. The van der Waals surface area contributed by atoms with Gasteiger partial charge in [0.1, 0.15) is 5.75 Å². The van der Waals surface area contributed by atoms with E-state index in [-0.39, 0.29) is 0 Å². The molecule has 0 saturated heterocycles. The molecule has 98 valence electrons. The van der Waals surface area contributed by atoms with Crippen molar-refractivity contribution >= 4 is 11.6 Å². The molecule has 3 heteroatoms. The predicted molar refractivity (Wildman–Crippen MR) is 74.7 cm³/mol. The van der Waals surface area contributed by atoms with Gasteiger partial charge in [-0.1, -0.05) is 18.5 Å². The first-order valence-corrected chi connectivity index (χ1v) is 7.18. The predicted octanol–water partition coefficient (Wildman–Crippen LogP) is 3.51. The van der Waals surface area contributed by atoms with Crippen molar-refractivity contribution in [3.05, 3.63) is 27.8 Å². The van der Waals surface area contributed by atoms with E-state index in [1.54, 1.807) is 0 Å². The summed E-state index contributed by atoms with van der Waals surface area (Å²) < 4.78 is 0. The topological polar surface area (TPSA) is 23.5 Å². The van der Waals surface area contributed by atoms with Gasteiger partial charge in [0.15, 0.2) is 0 Å². The number of aromatic hydroxyl groups is 1. The highest BCUT2D eigenvalue weighted by molar-refractivity contribution is 6.32. The third-order valence-electron chi connectivity index (χ3n) is 4.56. The second-order valence-corrected chi connectivity index (χ2v) is 6.29. The summed E-state index contributed by atoms with van der Waals surface area (Å²) >= 11 is 6.19. The van der Waals surface area contributed by atoms with Crippen LogP contribution in [0.5, 0.6) is 5.75 Å². The first-order valence-electron chi connectivity index (χ1n) is 6.80. The van der Waals surface area contributed by atoms with Gasteiger partial charge in [0.05, 0.1) is 5.02 Å². The molecule has 1 aliphatic heterocycles. The number of hydrogen-bond donors (Lipinski definition) is 1. The smallest absolute Gasteiger partial charge is 0.137 e. The lowest BCUT2D eigenvalue weighted by Crippen LogP contribution is -2.25. The molecule has 0 amide bonds. The van der Waals surface area contributed by atoms with Gasteiger partial charge < -0.3 is 10.0 Å². The van der Waals surface area contributed by atoms with Crippen LogP contribution in [0.3, 0.4) is 0 Å². The van der Waals surface area contributed by atoms with Gasteiger partial charge in [-0.2, -0.15) is 0 Å². The van der Waals surface area contributed by atoms with Gasteiger partial charge in [-0.05, 0) is 55.3 Å². The van der Waals surface area contributed by atoms with Gasteiger partial charge >= 0.3 is 0 Å². The minimum atomic E-state index is 0.331. The number of benzene rings is 1. The lowest BCUT2D eigenvalue weighted by Gasteiger charge is -2.32. The van der Waals surface area contributed by atoms with Crippen molar-refractivity contribution in [2.45, 2.75) is 38.0 Å². The van der Waals surface area contributed by atoms with Crippen molar-refractivity contribution in [1.82, 2.24) is 4.90 Å². The van der Waals surface area contributed by atoms with Gasteiger partial charge in [-0.25, -0.2) is 0 Å². The summed E-state index contributed by atoms with van der Waals surface area (Å²) in [6.45, 7) is 4.39. The van der Waals surface area contributed by atoms with Crippen molar-refractivity contribution in [3.8, 4) is 5.75 Å². The second kappa shape index (κ2) is 4.43. The molecule has 1 N–H and O–H groups in total. The lowest BCUT2D eigenvalue weighted by atomic mass is 9.75. The largest absolute Gasteiger partial charge is 0.506 e. The van der Waals surface area contributed by atoms with Crippen LogP contribution in [0.1, 0.15) is 48.3 Å². The fourth-order valence-corrected chi connectivity index (χ4v) is 3.85. The van der Waals surface area contributed by atoms with E-state index in [0.717, 1.165) is 31.5 Å². The average molecular weight is 266 g/mol. The van der Waals surface area contributed by atoms with Crippen molar-refractivity contribution in [2.24, 2.45) is 0 Å². The van der Waals surface area contributed by atoms with Gasteiger partial charge in [-0.3, -0.25) is 0 Å². The van der Waals surface area contributed by atoms with Crippen LogP contribution in [0.15, 0.2) is 6.07 Å². The zero-order chi connectivity index (χ0) is 12.9. The van der Waals surface area contributed by atoms with E-state index >= 15 is 0 Å². The Labute approximate surface area is 114 Å². The molecule has 0 spiro atoms. The van der Waals surface area contributed by atoms with E-state index in [1.807, 2.05) is 6.07 Å². The van der Waals surface area contributed by atoms with E-state index in [1.165, 1.54) is 17.5 Å². The van der Waals surface area contributed by atoms with E-state index in [9.17, 15) is 5.11 Å². The summed E-state index contributed by atoms with van der Waals surface area (Å²) in [5, 5.41) is 10.8. The Bertz CT molecular complexity index is 486. The van der Waals surface area contributed by atoms with Gasteiger partial charge in [0.25, 0.3) is 0 Å². The maximum Gasteiger partial charge on any atom is 0.137 e. The van der Waals surface area contributed by atoms with Crippen molar-refractivity contribution in [3.63, 3.8) is 0 Å². The molecule has 3 rings (SSSR count). The molecular weight excluding hydrogens is 246 g/mol. The number of likely N-dealkylation sites (N-methyl/N-ethyl adjacent to an activating group) is 1. The van der Waals surface area contributed by atoms with Crippen LogP contribution in [0, 0.1) is 0 Å². The summed E-state index contributed by atoms with van der Waals surface area (Å²) in [6, 6.07) is 1.99. The molecule has 1 unspecified atom stereocenters. The third-order valence-corrected chi connectivity index (χ3v) is 4.85. The van der Waals surface area contributed by atoms with Crippen LogP contribution in [-0.4, -0.2) is 30.1 Å². The summed E-state index contributed by atoms with van der Waals surface area (Å²) in [5.74, 6) is 1.33. The zero-order valence-corrected chi connectivity index (χ0v) is 11.8. The van der Waals surface area contributed by atoms with Gasteiger partial charge in [-0.15, -0.1) is 0 Å². The Balaban J connectivity index is 2.21. The van der Waals surface area contributed by atoms with Crippen LogP contribution >= 0.6 is 11.6 Å². The van der Waals surface area contributed by atoms with E-state index < -0.39 is 0 Å². The Hall–Kier alpha value is -0.730. The molecule has 1 heterocycles. The number of hydrogen-bond acceptors (Lipinski definition) is 2. The Morgan fingerprint density at radius 2 is 2.11 bits per heavy atom. The Morgan fingerprint density at radius 3 is 2.89 bits per heavy atom. The monoisotopic (exact) mass is 265 g/mol. The zero-order valence-electron chi connectivity index (χ0n) is 11.0. The van der Waals surface area contributed by atoms with Crippen LogP contribution in [0.25, 0.3) is 0 Å². The first kappa shape index (κ1) is 12.3. The minimum Gasteiger partial charge on any atom is -0.506 e. The quantitative estimate of drug-likeness (QED) is 0.776. The Kier molecular flexibility index (Phi) is 3.03. The summed E-state index contributed by atoms with van der Waals surface area (Å²) in [4.78, 5) is 2.40. The van der Waals surface area contributed by atoms with Gasteiger partial charge in [0.2, 0.25) is 0 Å². The standard InChI is InChI=1S/C15H20ClNO/c1-9-3-4-11-8-17(2)6-5-10-7-12(16)15(18)13(9)14(10)11/h7,9,11,18H,3-6,8H2,1-2H3/t9-,11?/m1/s1. The van der Waals surface area contributed by atoms with Crippen LogP contribution in [0.4, 0.5) is 0 Å². The number of nitrogens with zero attached hydrogens (tertiary/aromatic N) is 1. The highest BCUT2D eigenvalue weighted by Crippen LogP contribution is 2.48. The fraction of sp³-hybridized carbons (Fsp3) is 0.600. The molecule has 18 heavy (non-hydrogen) atoms. The molecule has 1 aromatic rings. The maximum absolute atomic E-state index is 10.3. The Morgan fingerprint density at radius 1 is 1.33 bits per heavy atom. The van der Waals surface area contributed by atoms with Crippen LogP contribution < -0.4 is 0 Å². The summed E-state index contributed by atoms with van der Waals surface area (Å²) in [5.41, 5.74) is 3.89. The molecular formula is C15H20ClNO. The molecule has 1 aromatic carbocycles. The summed E-state index contributed by atoms with van der Waals surface area (Å²) in [6.07, 6.45) is 3.42. The van der Waals surface area contributed by atoms with E-state index in [0.29, 0.717) is 22.6 Å². The summed E-state index contributed by atoms with van der Waals surface area (Å²) in [7, 11) is 2.19. The first-order chi connectivity index (χ1) is 8.58. The number of halogens is 1. The van der Waals surface area contributed by atoms with Gasteiger partial charge in [0, 0.05) is 18.7 Å². The minimum absolute atomic E-state index is 0.331. The molecule has 2 atom stereocenters. The highest BCUT2D eigenvalue weighted by atomic mass is 35.5. The highest BCUT2D eigenvalue weighted by Gasteiger charge is 2.32. The molecule has 1 aliphatic carbocycles. The normalized spacial score (nSPS) is 27.7. The molecule has 0 saturated carbocycles. The molecule has 0 fully saturated rings. The van der Waals surface area contributed by atoms with Crippen LogP contribution in [-0.2, 0) is 6.42 Å². The number of rotatable bonds is 0.